The Morgan fingerprint density at radius 2 is 2.21 bits per heavy atom. The Labute approximate surface area is 97.5 Å². The fraction of sp³-hybridized carbons (Fsp3) is 0.400. The van der Waals surface area contributed by atoms with E-state index in [-0.39, 0.29) is 6.04 Å². The molecule has 0 aliphatic rings. The molecule has 0 fully saturated rings. The maximum atomic E-state index is 6.07. The summed E-state index contributed by atoms with van der Waals surface area (Å²) in [6, 6.07) is 3.85. The number of hydrogen-bond acceptors (Lipinski definition) is 2. The molecular weight excluding hydrogens is 265 g/mol. The van der Waals surface area contributed by atoms with E-state index in [0.29, 0.717) is 5.02 Å². The lowest BCUT2D eigenvalue weighted by Crippen LogP contribution is -2.18. The predicted molar refractivity (Wildman–Crippen MR) is 63.1 cm³/mol. The number of nitrogens with two attached hydrogens (primary N) is 1. The van der Waals surface area contributed by atoms with Crippen molar-refractivity contribution in [3.63, 3.8) is 0 Å². The van der Waals surface area contributed by atoms with E-state index in [9.17, 15) is 0 Å². The number of hydrogen-bond donors (Lipinski definition) is 1. The minimum absolute atomic E-state index is 0.104. The van der Waals surface area contributed by atoms with Gasteiger partial charge in [0.25, 0.3) is 0 Å². The minimum atomic E-state index is 0.104. The van der Waals surface area contributed by atoms with Crippen molar-refractivity contribution < 1.29 is 4.74 Å². The molecule has 1 aromatic rings. The summed E-state index contributed by atoms with van der Waals surface area (Å²) in [5.74, 6) is 0.739. The summed E-state index contributed by atoms with van der Waals surface area (Å²) in [4.78, 5) is 0. The van der Waals surface area contributed by atoms with Crippen LogP contribution in [0.15, 0.2) is 16.6 Å². The second-order valence-corrected chi connectivity index (χ2v) is 4.52. The Hall–Kier alpha value is -0.250. The van der Waals surface area contributed by atoms with Gasteiger partial charge >= 0.3 is 0 Å². The van der Waals surface area contributed by atoms with Crippen molar-refractivity contribution in [3.05, 3.63) is 27.2 Å². The molecule has 0 aliphatic heterocycles. The van der Waals surface area contributed by atoms with Crippen LogP contribution in [0.3, 0.4) is 0 Å². The van der Waals surface area contributed by atoms with Gasteiger partial charge in [0.1, 0.15) is 5.75 Å². The van der Waals surface area contributed by atoms with Gasteiger partial charge in [-0.25, -0.2) is 0 Å². The molecule has 0 aliphatic carbocycles. The molecule has 0 aromatic heterocycles. The molecule has 0 amide bonds. The lowest BCUT2D eigenvalue weighted by atomic mass is 10.1. The fourth-order valence-electron chi connectivity index (χ4n) is 1.23. The first-order valence-corrected chi connectivity index (χ1v) is 5.49. The third kappa shape index (κ3) is 2.87. The van der Waals surface area contributed by atoms with Crippen molar-refractivity contribution in [2.45, 2.75) is 19.4 Å². The number of rotatable bonds is 3. The van der Waals surface area contributed by atoms with Gasteiger partial charge < -0.3 is 10.5 Å². The van der Waals surface area contributed by atoms with E-state index in [4.69, 9.17) is 22.1 Å². The van der Waals surface area contributed by atoms with Crippen molar-refractivity contribution in [1.29, 1.82) is 0 Å². The number of methoxy groups -OCH3 is 1. The molecule has 2 nitrogen and oxygen atoms in total. The molecule has 2 N–H and O–H groups in total. The lowest BCUT2D eigenvalue weighted by Gasteiger charge is -2.10. The maximum Gasteiger partial charge on any atom is 0.134 e. The van der Waals surface area contributed by atoms with E-state index in [1.54, 1.807) is 13.2 Å². The molecule has 1 atom stereocenters. The van der Waals surface area contributed by atoms with Crippen LogP contribution in [0.1, 0.15) is 12.5 Å². The van der Waals surface area contributed by atoms with Crippen molar-refractivity contribution in [2.75, 3.05) is 7.11 Å². The van der Waals surface area contributed by atoms with Crippen LogP contribution in [-0.2, 0) is 6.42 Å². The predicted octanol–water partition coefficient (Wildman–Crippen LogP) is 3.00. The molecule has 14 heavy (non-hydrogen) atoms. The molecule has 1 unspecified atom stereocenters. The van der Waals surface area contributed by atoms with Crippen LogP contribution in [0.5, 0.6) is 5.75 Å². The molecule has 0 spiro atoms. The molecular formula is C10H13BrClNO. The van der Waals surface area contributed by atoms with E-state index >= 15 is 0 Å². The van der Waals surface area contributed by atoms with Gasteiger partial charge in [-0.2, -0.15) is 0 Å². The Balaban J connectivity index is 3.02. The van der Waals surface area contributed by atoms with E-state index < -0.39 is 0 Å². The van der Waals surface area contributed by atoms with Crippen LogP contribution in [0.2, 0.25) is 5.02 Å². The topological polar surface area (TPSA) is 35.2 Å². The zero-order valence-corrected chi connectivity index (χ0v) is 10.5. The summed E-state index contributed by atoms with van der Waals surface area (Å²) in [6.07, 6.45) is 0.765. The van der Waals surface area contributed by atoms with E-state index in [0.717, 1.165) is 22.2 Å². The smallest absolute Gasteiger partial charge is 0.134 e. The van der Waals surface area contributed by atoms with Crippen LogP contribution in [-0.4, -0.2) is 13.2 Å². The van der Waals surface area contributed by atoms with Crippen LogP contribution in [0.4, 0.5) is 0 Å². The van der Waals surface area contributed by atoms with E-state index in [1.807, 2.05) is 13.0 Å². The summed E-state index contributed by atoms with van der Waals surface area (Å²) in [5.41, 5.74) is 6.75. The van der Waals surface area contributed by atoms with Crippen molar-refractivity contribution in [2.24, 2.45) is 5.73 Å². The second-order valence-electron chi connectivity index (χ2n) is 3.26. The van der Waals surface area contributed by atoms with Gasteiger partial charge in [0.05, 0.1) is 11.6 Å². The Morgan fingerprint density at radius 1 is 1.57 bits per heavy atom. The first-order chi connectivity index (χ1) is 6.54. The molecule has 4 heteroatoms. The fourth-order valence-corrected chi connectivity index (χ4v) is 2.01. The minimum Gasteiger partial charge on any atom is -0.496 e. The zero-order chi connectivity index (χ0) is 10.7. The normalized spacial score (nSPS) is 12.6. The largest absolute Gasteiger partial charge is 0.496 e. The average molecular weight is 279 g/mol. The molecule has 0 heterocycles. The van der Waals surface area contributed by atoms with Crippen LogP contribution in [0.25, 0.3) is 0 Å². The quantitative estimate of drug-likeness (QED) is 0.922. The van der Waals surface area contributed by atoms with Crippen LogP contribution < -0.4 is 10.5 Å². The van der Waals surface area contributed by atoms with Gasteiger partial charge in [-0.05, 0) is 40.9 Å². The van der Waals surface area contributed by atoms with Crippen molar-refractivity contribution in [1.82, 2.24) is 0 Å². The summed E-state index contributed by atoms with van der Waals surface area (Å²) >= 11 is 9.47. The van der Waals surface area contributed by atoms with E-state index in [1.165, 1.54) is 0 Å². The zero-order valence-electron chi connectivity index (χ0n) is 8.18. The highest BCUT2D eigenvalue weighted by molar-refractivity contribution is 9.10. The monoisotopic (exact) mass is 277 g/mol. The van der Waals surface area contributed by atoms with Crippen molar-refractivity contribution >= 4 is 27.5 Å². The summed E-state index contributed by atoms with van der Waals surface area (Å²) in [6.45, 7) is 1.95. The standard InChI is InChI=1S/C10H13BrClNO/c1-6(13)3-7-4-8(11)10(14-2)5-9(7)12/h4-6H,3,13H2,1-2H3. The van der Waals surface area contributed by atoms with Gasteiger partial charge in [0.2, 0.25) is 0 Å². The highest BCUT2D eigenvalue weighted by Gasteiger charge is 2.08. The van der Waals surface area contributed by atoms with Crippen LogP contribution >= 0.6 is 27.5 Å². The molecule has 0 saturated heterocycles. The van der Waals surface area contributed by atoms with Gasteiger partial charge in [0, 0.05) is 17.1 Å². The Kier molecular flexibility index (Phi) is 4.23. The number of ether oxygens (including phenoxy) is 1. The van der Waals surface area contributed by atoms with E-state index in [2.05, 4.69) is 15.9 Å². The van der Waals surface area contributed by atoms with Crippen molar-refractivity contribution in [3.8, 4) is 5.75 Å². The van der Waals surface area contributed by atoms with Gasteiger partial charge in [-0.15, -0.1) is 0 Å². The SMILES string of the molecule is COc1cc(Cl)c(CC(C)N)cc1Br. The molecule has 1 aromatic carbocycles. The first kappa shape index (κ1) is 11.8. The number of halogens is 2. The molecule has 0 saturated carbocycles. The third-order valence-corrected chi connectivity index (χ3v) is 2.83. The molecule has 1 rings (SSSR count). The maximum absolute atomic E-state index is 6.07. The average Bonchev–Trinajstić information content (AvgIpc) is 2.10. The van der Waals surface area contributed by atoms with Gasteiger partial charge in [-0.1, -0.05) is 11.6 Å². The molecule has 78 valence electrons. The lowest BCUT2D eigenvalue weighted by molar-refractivity contribution is 0.412. The highest BCUT2D eigenvalue weighted by atomic mass is 79.9. The Morgan fingerprint density at radius 3 is 2.71 bits per heavy atom. The molecule has 0 radical (unpaired) electrons. The number of benzene rings is 1. The first-order valence-electron chi connectivity index (χ1n) is 4.32. The third-order valence-electron chi connectivity index (χ3n) is 1.86. The van der Waals surface area contributed by atoms with Gasteiger partial charge in [-0.3, -0.25) is 0 Å². The highest BCUT2D eigenvalue weighted by Crippen LogP contribution is 2.31. The second kappa shape index (κ2) is 5.01. The molecule has 0 bridgehead atoms. The summed E-state index contributed by atoms with van der Waals surface area (Å²) in [5, 5.41) is 0.697. The van der Waals surface area contributed by atoms with Crippen LogP contribution in [0, 0.1) is 0 Å². The van der Waals surface area contributed by atoms with Gasteiger partial charge in [0.15, 0.2) is 0 Å². The summed E-state index contributed by atoms with van der Waals surface area (Å²) in [7, 11) is 1.61. The Bertz CT molecular complexity index is 328. The summed E-state index contributed by atoms with van der Waals surface area (Å²) < 4.78 is 6.03.